The molecule has 1 aliphatic carbocycles. The molecule has 3 amide bonds. The van der Waals surface area contributed by atoms with Crippen molar-refractivity contribution in [2.75, 3.05) is 66.0 Å². The lowest BCUT2D eigenvalue weighted by molar-refractivity contribution is -0.142. The standard InChI is InChI=1S/C17H26N2O2.C16H23NO.2C16H25N.C14H27NO2.C9H16O.C8H15NO/c1-13(2)14-6-9-19(10-7-14)16(11-17(20)21-3)15-5-4-8-18-12-15;1-16(2,3)14-9-10-17(15(18)11-14)12-13-7-5-4-6-8-13;1-13(2)16-9-10-17(14(3)11-16)12-15-7-5-4-6-8-15;1-13(2)16-12-17(10-9-14(16)3)11-15-7-5-4-6-8-15;1-11(2)14(6)7-9-15(10-8-14)12(16)17-13(3,4)5;1-7(2)8-3-5-9(10)6-4-8;1-6(2)7-3-4-9-8(10)5-7/h4-5,8,12-14,16H,6-7,9-11H2,1-3H3;4-8,14H,9-12H2,1-3H3;2*4-8,13-14,16H,9-12H2,1-3H3;11H,7-10H2,1-6H3;7-8H,3-6H2,1-2H3;6-7H,3-5H2,1-2H3,(H,9,10). The molecular weight excluding hydrogens is 1360 g/mol. The minimum absolute atomic E-state index is 0.0827. The van der Waals surface area contributed by atoms with E-state index >= 15 is 0 Å². The molecule has 110 heavy (non-hydrogen) atoms. The number of rotatable bonds is 16. The molecular formula is C96H157N7O7. The second-order valence-corrected chi connectivity index (χ2v) is 38.0. The molecule has 7 fully saturated rings. The van der Waals surface area contributed by atoms with Gasteiger partial charge < -0.3 is 24.6 Å². The molecule has 7 atom stereocenters. The van der Waals surface area contributed by atoms with Crippen molar-refractivity contribution in [2.24, 2.45) is 87.8 Å². The van der Waals surface area contributed by atoms with E-state index in [0.717, 1.165) is 182 Å². The van der Waals surface area contributed by atoms with E-state index in [9.17, 15) is 24.0 Å². The van der Waals surface area contributed by atoms with E-state index in [2.05, 4.69) is 228 Å². The van der Waals surface area contributed by atoms with Gasteiger partial charge in [0.1, 0.15) is 11.4 Å². The van der Waals surface area contributed by atoms with Gasteiger partial charge in [0.15, 0.2) is 0 Å². The first-order valence-corrected chi connectivity index (χ1v) is 43.3. The van der Waals surface area contributed by atoms with Crippen LogP contribution in [-0.2, 0) is 48.3 Å². The Labute approximate surface area is 671 Å². The van der Waals surface area contributed by atoms with Crippen molar-refractivity contribution in [3.05, 3.63) is 138 Å². The zero-order chi connectivity index (χ0) is 81.3. The van der Waals surface area contributed by atoms with Crippen LogP contribution in [0.25, 0.3) is 0 Å². The first-order valence-electron chi connectivity index (χ1n) is 43.3. The van der Waals surface area contributed by atoms with Gasteiger partial charge in [-0.25, -0.2) is 4.79 Å². The van der Waals surface area contributed by atoms with Crippen molar-refractivity contribution < 1.29 is 33.4 Å². The summed E-state index contributed by atoms with van der Waals surface area (Å²) in [5.74, 6) is 10.8. The number of carbonyl (C=O) groups excluding carboxylic acids is 5. The number of piperidine rings is 6. The van der Waals surface area contributed by atoms with Crippen LogP contribution in [0.3, 0.4) is 0 Å². The summed E-state index contributed by atoms with van der Waals surface area (Å²) in [5.41, 5.74) is 5.45. The summed E-state index contributed by atoms with van der Waals surface area (Å²) in [5, 5.41) is 2.83. The number of hydrogen-bond acceptors (Lipinski definition) is 11. The molecule has 0 radical (unpaired) electrons. The number of carbonyl (C=O) groups is 5. The topological polar surface area (TPSA) is 145 Å². The number of benzene rings is 3. The quantitative estimate of drug-likeness (QED) is 0.107. The molecule has 0 bridgehead atoms. The molecule has 618 valence electrons. The van der Waals surface area contributed by atoms with E-state index in [1.165, 1.54) is 75.5 Å². The summed E-state index contributed by atoms with van der Waals surface area (Å²) in [6, 6.07) is 36.7. The van der Waals surface area contributed by atoms with Crippen LogP contribution in [-0.4, -0.2) is 137 Å². The number of methoxy groups -OCH3 is 1. The molecule has 6 saturated heterocycles. The van der Waals surface area contributed by atoms with Gasteiger partial charge in [-0.05, 0) is 241 Å². The average Bonchev–Trinajstić information content (AvgIpc) is 0.801. The van der Waals surface area contributed by atoms with Crippen molar-refractivity contribution >= 4 is 29.7 Å². The molecule has 6 aliphatic heterocycles. The Morgan fingerprint density at radius 3 is 1.55 bits per heavy atom. The number of aromatic nitrogens is 1. The number of esters is 1. The number of likely N-dealkylation sites (tertiary alicyclic amines) is 5. The predicted octanol–water partition coefficient (Wildman–Crippen LogP) is 21.5. The highest BCUT2D eigenvalue weighted by atomic mass is 16.6. The number of amides is 3. The van der Waals surface area contributed by atoms with Crippen molar-refractivity contribution in [3.8, 4) is 0 Å². The fraction of sp³-hybridized carbons (Fsp3) is 0.708. The van der Waals surface area contributed by atoms with Gasteiger partial charge in [-0.15, -0.1) is 0 Å². The lowest BCUT2D eigenvalue weighted by atomic mass is 9.72. The second-order valence-electron chi connectivity index (χ2n) is 38.0. The van der Waals surface area contributed by atoms with E-state index in [4.69, 9.17) is 9.47 Å². The maximum atomic E-state index is 12.2. The summed E-state index contributed by atoms with van der Waals surface area (Å²) in [7, 11) is 1.45. The van der Waals surface area contributed by atoms with Crippen LogP contribution >= 0.6 is 0 Å². The molecule has 3 aromatic carbocycles. The predicted molar refractivity (Wildman–Crippen MR) is 457 cm³/mol. The maximum absolute atomic E-state index is 12.2. The number of nitrogens with zero attached hydrogens (tertiary/aromatic N) is 6. The minimum Gasteiger partial charge on any atom is -0.469 e. The fourth-order valence-corrected chi connectivity index (χ4v) is 16.8. The number of ether oxygens (including phenoxy) is 2. The first kappa shape index (κ1) is 94.6. The summed E-state index contributed by atoms with van der Waals surface area (Å²) in [6.07, 6.45) is 20.2. The number of nitrogens with one attached hydrogen (secondary N) is 1. The molecule has 0 spiro atoms. The van der Waals surface area contributed by atoms with Crippen LogP contribution in [0.15, 0.2) is 116 Å². The molecule has 7 heterocycles. The van der Waals surface area contributed by atoms with Gasteiger partial charge in [-0.3, -0.25) is 38.9 Å². The lowest BCUT2D eigenvalue weighted by Gasteiger charge is -2.42. The highest BCUT2D eigenvalue weighted by molar-refractivity contribution is 5.79. The average molecular weight is 1520 g/mol. The summed E-state index contributed by atoms with van der Waals surface area (Å²) < 4.78 is 10.3. The first-order chi connectivity index (χ1) is 51.9. The Kier molecular flexibility index (Phi) is 41.0. The number of ketones is 1. The van der Waals surface area contributed by atoms with Gasteiger partial charge in [-0.2, -0.15) is 0 Å². The van der Waals surface area contributed by atoms with Crippen molar-refractivity contribution in [2.45, 2.75) is 285 Å². The van der Waals surface area contributed by atoms with Crippen LogP contribution < -0.4 is 5.32 Å². The van der Waals surface area contributed by atoms with Gasteiger partial charge in [0, 0.05) is 103 Å². The molecule has 7 aliphatic rings. The minimum atomic E-state index is -0.393. The van der Waals surface area contributed by atoms with E-state index in [1.807, 2.05) is 61.0 Å². The fourth-order valence-electron chi connectivity index (χ4n) is 16.8. The Bertz CT molecular complexity index is 3190. The molecule has 7 unspecified atom stereocenters. The zero-order valence-corrected chi connectivity index (χ0v) is 73.5. The van der Waals surface area contributed by atoms with Gasteiger partial charge in [0.25, 0.3) is 0 Å². The van der Waals surface area contributed by atoms with Crippen LogP contribution in [0.5, 0.6) is 0 Å². The highest BCUT2D eigenvalue weighted by Crippen LogP contribution is 2.40. The van der Waals surface area contributed by atoms with Gasteiger partial charge >= 0.3 is 12.1 Å². The lowest BCUT2D eigenvalue weighted by Crippen LogP contribution is -2.45. The molecule has 14 heteroatoms. The number of hydrogen-bond donors (Lipinski definition) is 1. The van der Waals surface area contributed by atoms with E-state index in [-0.39, 0.29) is 29.4 Å². The summed E-state index contributed by atoms with van der Waals surface area (Å²) >= 11 is 0. The van der Waals surface area contributed by atoms with Gasteiger partial charge in [0.05, 0.1) is 13.5 Å². The third kappa shape index (κ3) is 34.4. The molecule has 1 aromatic heterocycles. The van der Waals surface area contributed by atoms with E-state index in [0.29, 0.717) is 53.6 Å². The van der Waals surface area contributed by atoms with Crippen molar-refractivity contribution in [3.63, 3.8) is 0 Å². The van der Waals surface area contributed by atoms with Crippen LogP contribution in [0.2, 0.25) is 0 Å². The van der Waals surface area contributed by atoms with E-state index < -0.39 is 5.60 Å². The van der Waals surface area contributed by atoms with Gasteiger partial charge in [-0.1, -0.05) is 215 Å². The molecule has 14 nitrogen and oxygen atoms in total. The largest absolute Gasteiger partial charge is 0.469 e. The smallest absolute Gasteiger partial charge is 0.410 e. The maximum Gasteiger partial charge on any atom is 0.410 e. The third-order valence-corrected chi connectivity index (χ3v) is 25.7. The van der Waals surface area contributed by atoms with E-state index in [1.54, 1.807) is 6.20 Å². The second kappa shape index (κ2) is 47.7. The SMILES string of the molecule is CC(C)(C)C1CCN(Cc2ccccc2)C(=O)C1.CC(C)C1(C)CCN(C(=O)OC(C)(C)C)CC1.CC(C)C1CCC(=O)CC1.CC(C)C1CCN(Cc2ccccc2)C(C)C1.CC(C)C1CCNC(=O)C1.CC(C)C1CN(Cc2ccccc2)CCC1C.COC(=O)CC(c1cccnc1)N1CCC(C(C)C)CC1. The zero-order valence-electron chi connectivity index (χ0n) is 73.5. The number of Topliss-reactive ketones (excluding diaryl/α,β-unsaturated/α-hetero) is 1. The number of pyridine rings is 1. The summed E-state index contributed by atoms with van der Waals surface area (Å²) in [4.78, 5) is 73.2. The monoisotopic (exact) mass is 1520 g/mol. The Morgan fingerprint density at radius 2 is 1.10 bits per heavy atom. The molecule has 1 N–H and O–H groups in total. The highest BCUT2D eigenvalue weighted by Gasteiger charge is 2.37. The molecule has 1 saturated carbocycles. The van der Waals surface area contributed by atoms with Crippen LogP contribution in [0, 0.1) is 87.8 Å². The third-order valence-electron chi connectivity index (χ3n) is 25.7. The Balaban J connectivity index is 0.000000232. The normalized spacial score (nSPS) is 22.8. The summed E-state index contributed by atoms with van der Waals surface area (Å²) in [6.45, 7) is 59.3. The Hall–Kier alpha value is -5.96. The van der Waals surface area contributed by atoms with Gasteiger partial charge in [0.2, 0.25) is 11.8 Å². The Morgan fingerprint density at radius 1 is 0.573 bits per heavy atom. The van der Waals surface area contributed by atoms with Crippen molar-refractivity contribution in [1.29, 1.82) is 0 Å². The molecule has 4 aromatic rings. The van der Waals surface area contributed by atoms with Crippen LogP contribution in [0.1, 0.15) is 276 Å². The van der Waals surface area contributed by atoms with Crippen molar-refractivity contribution in [1.82, 2.24) is 34.8 Å². The van der Waals surface area contributed by atoms with Crippen LogP contribution in [0.4, 0.5) is 4.79 Å². The molecule has 11 rings (SSSR count).